The van der Waals surface area contributed by atoms with Crippen molar-refractivity contribution in [2.75, 3.05) is 40.6 Å². The molecule has 7 rings (SSSR count). The number of piperidine rings is 1. The summed E-state index contributed by atoms with van der Waals surface area (Å²) in [7, 11) is 3.16. The molecule has 7 aliphatic rings. The lowest BCUT2D eigenvalue weighted by Crippen LogP contribution is -2.61. The average Bonchev–Trinajstić information content (AvgIpc) is 1.65. The van der Waals surface area contributed by atoms with Crippen LogP contribution in [0.1, 0.15) is 172 Å². The second kappa shape index (κ2) is 27.4. The van der Waals surface area contributed by atoms with E-state index >= 15 is 0 Å². The van der Waals surface area contributed by atoms with Gasteiger partial charge in [-0.15, -0.1) is 0 Å². The van der Waals surface area contributed by atoms with Crippen molar-refractivity contribution >= 4 is 35.2 Å². The molecule has 1 spiro atoms. The van der Waals surface area contributed by atoms with Crippen LogP contribution in [0.2, 0.25) is 0 Å². The highest BCUT2D eigenvalue weighted by Gasteiger charge is 2.72. The summed E-state index contributed by atoms with van der Waals surface area (Å²) in [6.45, 7) is 21.1. The summed E-state index contributed by atoms with van der Waals surface area (Å²) >= 11 is 0. The molecule has 3 saturated carbocycles. The van der Waals surface area contributed by atoms with E-state index in [1.54, 1.807) is 48.0 Å². The number of hydrogen-bond acceptors (Lipinski definition) is 16. The fourth-order valence-corrected chi connectivity index (χ4v) is 15.0. The van der Waals surface area contributed by atoms with Gasteiger partial charge in [0, 0.05) is 63.2 Å². The first kappa shape index (κ1) is 66.6. The van der Waals surface area contributed by atoms with E-state index in [1.165, 1.54) is 4.90 Å². The van der Waals surface area contributed by atoms with Crippen molar-refractivity contribution in [1.82, 2.24) is 4.90 Å². The van der Waals surface area contributed by atoms with E-state index in [9.17, 15) is 44.1 Å². The van der Waals surface area contributed by atoms with E-state index < -0.39 is 119 Å². The van der Waals surface area contributed by atoms with Gasteiger partial charge in [0.2, 0.25) is 5.79 Å². The molecule has 4 bridgehead atoms. The van der Waals surface area contributed by atoms with Crippen molar-refractivity contribution < 1.29 is 77.2 Å². The van der Waals surface area contributed by atoms with Crippen LogP contribution in [0.15, 0.2) is 47.6 Å². The lowest BCUT2D eigenvalue weighted by Gasteiger charge is -2.52. The van der Waals surface area contributed by atoms with E-state index in [-0.39, 0.29) is 72.4 Å². The maximum atomic E-state index is 14.7. The second-order valence-corrected chi connectivity index (χ2v) is 27.5. The Hall–Kier alpha value is -3.94. The SMILES string of the molecule is CO[C@H]1C[C@@H]2CC[C@@H](C)[C@@](O)(O2)C(=O)C(=O)N2CCCC[C@H]2C(=O)O[C@H]([C@H](C)C[C@@H]2CC[C@@H](OC(=O)C3(C)COC4(CC5CCC4(C)C5(C)C)OC3)[C@@H](OC)C2)CC(=O)/C(C)=C/C(C)[C@@H](O)[C@@H](CO)C(=O)[C@H](C)C[C@H](C)C=CC=CC=C1C. The van der Waals surface area contributed by atoms with Gasteiger partial charge >= 0.3 is 11.9 Å². The predicted octanol–water partition coefficient (Wildman–Crippen LogP) is 8.92. The maximum Gasteiger partial charge on any atom is 0.329 e. The average molecular weight is 1160 g/mol. The minimum absolute atomic E-state index is 0.00321. The van der Waals surface area contributed by atoms with Crippen molar-refractivity contribution in [3.05, 3.63) is 47.6 Å². The van der Waals surface area contributed by atoms with E-state index in [4.69, 9.17) is 33.2 Å². The molecule has 17 heteroatoms. The van der Waals surface area contributed by atoms with Crippen molar-refractivity contribution in [3.8, 4) is 0 Å². The normalized spacial score (nSPS) is 42.1. The molecule has 6 fully saturated rings. The van der Waals surface area contributed by atoms with E-state index in [2.05, 4.69) is 20.8 Å². The van der Waals surface area contributed by atoms with Gasteiger partial charge in [-0.2, -0.15) is 0 Å². The summed E-state index contributed by atoms with van der Waals surface area (Å²) in [5.41, 5.74) is -0.000591. The molecule has 0 aromatic carbocycles. The summed E-state index contributed by atoms with van der Waals surface area (Å²) in [5.74, 6) is -10.3. The number of cyclic esters (lactones) is 1. The molecule has 1 amide bonds. The first-order chi connectivity index (χ1) is 39.1. The summed E-state index contributed by atoms with van der Waals surface area (Å²) in [4.78, 5) is 87.2. The lowest BCUT2D eigenvalue weighted by molar-refractivity contribution is -0.346. The van der Waals surface area contributed by atoms with Crippen LogP contribution in [0.3, 0.4) is 0 Å². The van der Waals surface area contributed by atoms with Gasteiger partial charge in [-0.1, -0.05) is 91.8 Å². The Kier molecular flexibility index (Phi) is 22.0. The Balaban J connectivity index is 1.10. The summed E-state index contributed by atoms with van der Waals surface area (Å²) in [6.07, 6.45) is 14.4. The molecule has 466 valence electrons. The van der Waals surface area contributed by atoms with E-state index in [0.29, 0.717) is 70.1 Å². The molecule has 83 heavy (non-hydrogen) atoms. The maximum absolute atomic E-state index is 14.7. The summed E-state index contributed by atoms with van der Waals surface area (Å²) < 4.78 is 44.0. The van der Waals surface area contributed by atoms with Crippen LogP contribution >= 0.6 is 0 Å². The van der Waals surface area contributed by atoms with Crippen LogP contribution in [0, 0.1) is 63.6 Å². The second-order valence-electron chi connectivity index (χ2n) is 27.5. The lowest BCUT2D eigenvalue weighted by atomic mass is 9.68. The first-order valence-corrected chi connectivity index (χ1v) is 31.2. The molecule has 4 heterocycles. The highest BCUT2D eigenvalue weighted by molar-refractivity contribution is 6.39. The highest BCUT2D eigenvalue weighted by Crippen LogP contribution is 2.72. The number of Topliss-reactive ketones (excluding diaryl/α,β-unsaturated/α-hetero) is 3. The Bertz CT molecular complexity index is 2450. The Morgan fingerprint density at radius 3 is 2.20 bits per heavy atom. The Morgan fingerprint density at radius 2 is 1.57 bits per heavy atom. The molecule has 0 radical (unpaired) electrons. The molecule has 17 atom stereocenters. The Morgan fingerprint density at radius 1 is 0.855 bits per heavy atom. The number of carbonyl (C=O) groups is 6. The standard InChI is InChI=1S/C66H101NO16/c1-39-19-15-14-16-20-40(2)53(77-12)33-48-24-22-45(7)66(76,83-48)58(72)59(73)67-28-18-17-21-50(67)60(74)81-54(34-51(69)41(3)30-44(6)57(71)49(36-68)56(70)43(5)29-39)42(4)31-46-23-25-52(55(32-46)78-13)82-61(75)63(10)37-79-65(80-38-63)35-47-26-27-64(65,11)62(47,8)9/h14-16,19-20,30,39,42-50,52-55,57,68,71,76H,17-18,21-29,31-38H2,1-13H3/b16-14?,19-15?,40-20?,41-30+/t39-,42-,43-,44?,45-,46+,47?,48+,49+,50+,52-,53+,54+,55+,57-,63?,64?,65?,66-/m1/s1. The van der Waals surface area contributed by atoms with Crippen LogP contribution in [-0.2, 0) is 61.9 Å². The number of amides is 1. The summed E-state index contributed by atoms with van der Waals surface area (Å²) in [6, 6.07) is -1.20. The van der Waals surface area contributed by atoms with Gasteiger partial charge < -0.3 is 53.4 Å². The summed E-state index contributed by atoms with van der Waals surface area (Å²) in [5, 5.41) is 34.2. The zero-order valence-corrected chi connectivity index (χ0v) is 52.2. The molecule has 4 aliphatic heterocycles. The number of ether oxygens (including phenoxy) is 7. The zero-order chi connectivity index (χ0) is 61.0. The number of esters is 2. The third-order valence-corrected chi connectivity index (χ3v) is 21.4. The predicted molar refractivity (Wildman–Crippen MR) is 311 cm³/mol. The zero-order valence-electron chi connectivity index (χ0n) is 52.2. The number of hydrogen-bond donors (Lipinski definition) is 3. The highest BCUT2D eigenvalue weighted by atomic mass is 16.7. The molecule has 0 aromatic heterocycles. The molecule has 3 saturated heterocycles. The molecule has 3 aliphatic carbocycles. The van der Waals surface area contributed by atoms with Gasteiger partial charge in [-0.05, 0) is 138 Å². The molecule has 17 nitrogen and oxygen atoms in total. The third kappa shape index (κ3) is 14.1. The largest absolute Gasteiger partial charge is 0.460 e. The van der Waals surface area contributed by atoms with Crippen LogP contribution in [0.5, 0.6) is 0 Å². The van der Waals surface area contributed by atoms with Gasteiger partial charge in [-0.25, -0.2) is 4.79 Å². The van der Waals surface area contributed by atoms with Crippen molar-refractivity contribution in [1.29, 1.82) is 0 Å². The number of ketones is 3. The topological polar surface area (TPSA) is 231 Å². The first-order valence-electron chi connectivity index (χ1n) is 31.2. The van der Waals surface area contributed by atoms with Crippen molar-refractivity contribution in [2.24, 2.45) is 63.6 Å². The number of aliphatic hydroxyl groups excluding tert-OH is 2. The number of allylic oxidation sites excluding steroid dienone is 6. The van der Waals surface area contributed by atoms with Crippen LogP contribution < -0.4 is 0 Å². The van der Waals surface area contributed by atoms with Gasteiger partial charge in [0.25, 0.3) is 11.7 Å². The fraction of sp³-hybridized carbons (Fsp3) is 0.788. The van der Waals surface area contributed by atoms with Crippen LogP contribution in [0.25, 0.3) is 0 Å². The number of carbonyl (C=O) groups excluding carboxylic acids is 6. The Labute approximate surface area is 494 Å². The van der Waals surface area contributed by atoms with Gasteiger partial charge in [0.15, 0.2) is 11.6 Å². The van der Waals surface area contributed by atoms with E-state index in [1.807, 2.05) is 58.1 Å². The minimum atomic E-state index is -2.47. The van der Waals surface area contributed by atoms with Gasteiger partial charge in [0.1, 0.15) is 29.4 Å². The number of aliphatic hydroxyl groups is 3. The third-order valence-electron chi connectivity index (χ3n) is 21.4. The van der Waals surface area contributed by atoms with Crippen LogP contribution in [0.4, 0.5) is 0 Å². The minimum Gasteiger partial charge on any atom is -0.460 e. The fourth-order valence-electron chi connectivity index (χ4n) is 15.0. The molecular weight excluding hydrogens is 1060 g/mol. The molecular formula is C66H101NO16. The van der Waals surface area contributed by atoms with Gasteiger partial charge in [0.05, 0.1) is 50.2 Å². The monoisotopic (exact) mass is 1160 g/mol. The van der Waals surface area contributed by atoms with Crippen molar-refractivity contribution in [2.45, 2.75) is 227 Å². The van der Waals surface area contributed by atoms with E-state index in [0.717, 1.165) is 24.8 Å². The van der Waals surface area contributed by atoms with Crippen LogP contribution in [-0.4, -0.2) is 150 Å². The quantitative estimate of drug-likeness (QED) is 0.152. The van der Waals surface area contributed by atoms with Crippen molar-refractivity contribution in [3.63, 3.8) is 0 Å². The number of methoxy groups -OCH3 is 2. The molecule has 3 N–H and O–H groups in total. The molecule has 3 unspecified atom stereocenters. The number of nitrogens with zero attached hydrogens (tertiary/aromatic N) is 1. The van der Waals surface area contributed by atoms with Gasteiger partial charge in [-0.3, -0.25) is 24.0 Å². The number of rotatable bonds is 8. The smallest absolute Gasteiger partial charge is 0.329 e. The molecule has 0 aromatic rings. The number of fused-ring (bicyclic) bond motifs is 6.